The number of hydrogen-bond acceptors (Lipinski definition) is 5. The summed E-state index contributed by atoms with van der Waals surface area (Å²) in [6.45, 7) is 1.58. The second-order valence-corrected chi connectivity index (χ2v) is 8.25. The van der Waals surface area contributed by atoms with Crippen molar-refractivity contribution in [3.05, 3.63) is 23.1 Å². The van der Waals surface area contributed by atoms with Crippen molar-refractivity contribution in [2.75, 3.05) is 6.26 Å². The third-order valence-electron chi connectivity index (χ3n) is 4.92. The topological polar surface area (TPSA) is 86.1 Å². The molecule has 2 aromatic rings. The lowest BCUT2D eigenvalue weighted by Crippen LogP contribution is -2.61. The van der Waals surface area contributed by atoms with Gasteiger partial charge in [-0.1, -0.05) is 23.1 Å². The summed E-state index contributed by atoms with van der Waals surface area (Å²) in [6.07, 6.45) is 5.57. The van der Waals surface area contributed by atoms with Crippen LogP contribution >= 0.6 is 23.1 Å². The summed E-state index contributed by atoms with van der Waals surface area (Å²) in [5.74, 6) is -1.91. The van der Waals surface area contributed by atoms with Crippen LogP contribution in [0.2, 0.25) is 0 Å². The number of rotatable bonds is 4. The number of aliphatic hydroxyl groups excluding tert-OH is 1. The molecule has 25 heavy (non-hydrogen) atoms. The van der Waals surface area contributed by atoms with E-state index in [2.05, 4.69) is 0 Å². The molecule has 0 aromatic carbocycles. The van der Waals surface area contributed by atoms with Crippen LogP contribution in [0.15, 0.2) is 23.2 Å². The highest BCUT2D eigenvalue weighted by Crippen LogP contribution is 2.48. The predicted octanol–water partition coefficient (Wildman–Crippen LogP) is 0.954. The molecule has 2 aliphatic rings. The zero-order valence-corrected chi connectivity index (χ0v) is 15.6. The molecule has 2 N–H and O–H groups in total. The summed E-state index contributed by atoms with van der Waals surface area (Å²) in [5, 5.41) is 20.6. The zero-order valence-electron chi connectivity index (χ0n) is 14.0. The maximum Gasteiger partial charge on any atom is 0.352 e. The maximum atomic E-state index is 12.3. The number of amides is 1. The number of hydrogen-bond donors (Lipinski definition) is 2. The van der Waals surface area contributed by atoms with Crippen molar-refractivity contribution in [1.29, 1.82) is 0 Å². The molecule has 2 aromatic heterocycles. The van der Waals surface area contributed by atoms with Crippen LogP contribution in [0.3, 0.4) is 0 Å². The molecule has 0 bridgehead atoms. The Hall–Kier alpha value is -1.84. The lowest BCUT2D eigenvalue weighted by Gasteiger charge is -2.44. The van der Waals surface area contributed by atoms with Crippen molar-refractivity contribution in [3.63, 3.8) is 0 Å². The summed E-state index contributed by atoms with van der Waals surface area (Å²) >= 11 is 3.17. The molecule has 4 heterocycles. The molecule has 1 saturated heterocycles. The monoisotopic (exact) mass is 380 g/mol. The number of nitrogens with zero attached hydrogens (tertiary/aromatic N) is 3. The molecule has 0 saturated carbocycles. The Morgan fingerprint density at radius 1 is 1.52 bits per heavy atom. The molecular formula is C16H18N3O4S2+. The minimum absolute atomic E-state index is 0.0616. The highest BCUT2D eigenvalue weighted by molar-refractivity contribution is 7.98. The van der Waals surface area contributed by atoms with E-state index in [4.69, 9.17) is 0 Å². The van der Waals surface area contributed by atoms with Crippen LogP contribution in [-0.2, 0) is 16.6 Å². The molecule has 2 aliphatic heterocycles. The molecular weight excluding hydrogens is 362 g/mol. The summed E-state index contributed by atoms with van der Waals surface area (Å²) < 4.78 is 4.02. The minimum atomic E-state index is -1.09. The standard InChI is InChI=1S/C16H17N3O4S2/c1-7(20)11-9-4-8(12(16(22)23)19(9)13(11)21)10-5-18-6-17(2)14(24-3)15(18)25-10/h5-7,9,11,20H,4H2,1-3H3/p+1/t7-,9-,11-/m1/s1. The number of thiazole rings is 1. The van der Waals surface area contributed by atoms with Crippen molar-refractivity contribution < 1.29 is 24.4 Å². The highest BCUT2D eigenvalue weighted by Gasteiger charge is 2.57. The van der Waals surface area contributed by atoms with Gasteiger partial charge in [0.05, 0.1) is 30.0 Å². The average molecular weight is 380 g/mol. The number of aliphatic carboxylic acids is 1. The summed E-state index contributed by atoms with van der Waals surface area (Å²) in [7, 11) is 1.97. The Morgan fingerprint density at radius 2 is 2.24 bits per heavy atom. The van der Waals surface area contributed by atoms with Gasteiger partial charge in [0.25, 0.3) is 0 Å². The van der Waals surface area contributed by atoms with Crippen molar-refractivity contribution in [1.82, 2.24) is 9.30 Å². The fourth-order valence-electron chi connectivity index (χ4n) is 3.86. The SMILES string of the molecule is CSc1c2sc(C3=C(C(=O)O)N4C(=O)[C@H]([C@@H](C)O)[C@H]4C3)cn2c[n+]1C. The number of carboxylic acid groups (broad SMARTS) is 1. The van der Waals surface area contributed by atoms with E-state index >= 15 is 0 Å². The highest BCUT2D eigenvalue weighted by atomic mass is 32.2. The van der Waals surface area contributed by atoms with Crippen LogP contribution in [0, 0.1) is 5.92 Å². The van der Waals surface area contributed by atoms with E-state index in [1.165, 1.54) is 16.2 Å². The third-order valence-corrected chi connectivity index (χ3v) is 7.09. The van der Waals surface area contributed by atoms with Crippen LogP contribution in [0.4, 0.5) is 0 Å². The van der Waals surface area contributed by atoms with Crippen LogP contribution < -0.4 is 4.57 Å². The fourth-order valence-corrected chi connectivity index (χ4v) is 5.96. The first-order valence-electron chi connectivity index (χ1n) is 7.87. The van der Waals surface area contributed by atoms with E-state index in [0.717, 1.165) is 14.7 Å². The number of carbonyl (C=O) groups excluding carboxylic acids is 1. The normalized spacial score (nSPS) is 24.0. The first-order valence-corrected chi connectivity index (χ1v) is 9.91. The summed E-state index contributed by atoms with van der Waals surface area (Å²) in [4.78, 5) is 27.4. The molecule has 3 atom stereocenters. The Kier molecular flexibility index (Phi) is 3.71. The molecule has 0 spiro atoms. The van der Waals surface area contributed by atoms with Gasteiger partial charge in [0, 0.05) is 5.57 Å². The lowest BCUT2D eigenvalue weighted by molar-refractivity contribution is -0.705. The van der Waals surface area contributed by atoms with E-state index in [9.17, 15) is 19.8 Å². The van der Waals surface area contributed by atoms with Crippen molar-refractivity contribution in [2.45, 2.75) is 30.5 Å². The van der Waals surface area contributed by atoms with Crippen LogP contribution in [0.1, 0.15) is 18.2 Å². The van der Waals surface area contributed by atoms with Gasteiger partial charge in [0.15, 0.2) is 0 Å². The molecule has 132 valence electrons. The Morgan fingerprint density at radius 3 is 2.84 bits per heavy atom. The van der Waals surface area contributed by atoms with Gasteiger partial charge in [-0.2, -0.15) is 4.40 Å². The number of carbonyl (C=O) groups is 2. The number of β-lactam (4-membered cyclic amide) rings is 1. The number of fused-ring (bicyclic) bond motifs is 2. The maximum absolute atomic E-state index is 12.3. The summed E-state index contributed by atoms with van der Waals surface area (Å²) in [5.41, 5.74) is 0.740. The van der Waals surface area contributed by atoms with E-state index in [1.807, 2.05) is 34.8 Å². The van der Waals surface area contributed by atoms with Gasteiger partial charge in [-0.3, -0.25) is 4.79 Å². The number of imidazole rings is 1. The molecule has 0 radical (unpaired) electrons. The Labute approximate surface area is 152 Å². The molecule has 9 heteroatoms. The second kappa shape index (κ2) is 5.58. The lowest BCUT2D eigenvalue weighted by atomic mass is 9.83. The zero-order chi connectivity index (χ0) is 18.0. The van der Waals surface area contributed by atoms with Crippen LogP contribution in [0.25, 0.3) is 10.4 Å². The minimum Gasteiger partial charge on any atom is -0.477 e. The van der Waals surface area contributed by atoms with Crippen LogP contribution in [0.5, 0.6) is 0 Å². The molecule has 1 amide bonds. The fraction of sp³-hybridized carbons (Fsp3) is 0.438. The van der Waals surface area contributed by atoms with E-state index in [0.29, 0.717) is 12.0 Å². The molecule has 0 aliphatic carbocycles. The van der Waals surface area contributed by atoms with Crippen molar-refractivity contribution in [2.24, 2.45) is 13.0 Å². The first-order chi connectivity index (χ1) is 11.8. The third kappa shape index (κ3) is 2.19. The van der Waals surface area contributed by atoms with Gasteiger partial charge in [-0.15, -0.1) is 0 Å². The van der Waals surface area contributed by atoms with Gasteiger partial charge in [0.2, 0.25) is 22.1 Å². The molecule has 0 unspecified atom stereocenters. The number of aromatic nitrogens is 2. The van der Waals surface area contributed by atoms with E-state index < -0.39 is 18.0 Å². The Bertz CT molecular complexity index is 943. The Balaban J connectivity index is 1.80. The van der Waals surface area contributed by atoms with E-state index in [1.54, 1.807) is 18.7 Å². The van der Waals surface area contributed by atoms with Gasteiger partial charge < -0.3 is 15.1 Å². The molecule has 7 nitrogen and oxygen atoms in total. The van der Waals surface area contributed by atoms with Crippen LogP contribution in [-0.4, -0.2) is 49.8 Å². The second-order valence-electron chi connectivity index (χ2n) is 6.42. The van der Waals surface area contributed by atoms with Crippen molar-refractivity contribution >= 4 is 45.4 Å². The predicted molar refractivity (Wildman–Crippen MR) is 93.2 cm³/mol. The number of aliphatic hydroxyl groups is 1. The largest absolute Gasteiger partial charge is 0.477 e. The number of aryl methyl sites for hydroxylation is 1. The molecule has 4 rings (SSSR count). The van der Waals surface area contributed by atoms with Crippen molar-refractivity contribution in [3.8, 4) is 0 Å². The molecule has 1 fully saturated rings. The number of carboxylic acids is 1. The smallest absolute Gasteiger partial charge is 0.352 e. The van der Waals surface area contributed by atoms with Gasteiger partial charge in [-0.05, 0) is 19.6 Å². The van der Waals surface area contributed by atoms with Gasteiger partial charge >= 0.3 is 5.97 Å². The average Bonchev–Trinajstić information content (AvgIpc) is 3.14. The van der Waals surface area contributed by atoms with Gasteiger partial charge in [0.1, 0.15) is 11.9 Å². The first kappa shape index (κ1) is 16.6. The van der Waals surface area contributed by atoms with E-state index in [-0.39, 0.29) is 17.6 Å². The quantitative estimate of drug-likeness (QED) is 0.469. The van der Waals surface area contributed by atoms with Gasteiger partial charge in [-0.25, -0.2) is 9.36 Å². The summed E-state index contributed by atoms with van der Waals surface area (Å²) in [6, 6.07) is -0.258. The number of thioether (sulfide) groups is 1.